The van der Waals surface area contributed by atoms with Crippen molar-refractivity contribution in [3.63, 3.8) is 0 Å². The zero-order valence-corrected chi connectivity index (χ0v) is 33.5. The Hall–Kier alpha value is -6.57. The van der Waals surface area contributed by atoms with E-state index in [1.807, 2.05) is 6.92 Å². The summed E-state index contributed by atoms with van der Waals surface area (Å²) in [5.74, 6) is -1.44. The van der Waals surface area contributed by atoms with Gasteiger partial charge in [-0.1, -0.05) is 12.1 Å². The molecule has 4 N–H and O–H groups in total. The van der Waals surface area contributed by atoms with Crippen molar-refractivity contribution in [1.82, 2.24) is 0 Å². The molecule has 4 aromatic carbocycles. The van der Waals surface area contributed by atoms with Gasteiger partial charge in [0.2, 0.25) is 0 Å². The van der Waals surface area contributed by atoms with Crippen LogP contribution in [-0.2, 0) is 21.8 Å². The number of carboxylic acid groups (broad SMARTS) is 1. The predicted octanol–water partition coefficient (Wildman–Crippen LogP) is 6.26. The summed E-state index contributed by atoms with van der Waals surface area (Å²) in [5.41, 5.74) is -2.63. The molecule has 1 aliphatic rings. The summed E-state index contributed by atoms with van der Waals surface area (Å²) in [6.45, 7) is 6.34. The molecule has 1 saturated heterocycles. The second-order valence-corrected chi connectivity index (χ2v) is 13.3. The van der Waals surface area contributed by atoms with Gasteiger partial charge in [0.25, 0.3) is 5.91 Å². The van der Waals surface area contributed by atoms with E-state index < -0.39 is 53.7 Å². The number of anilines is 2. The van der Waals surface area contributed by atoms with E-state index in [1.54, 1.807) is 6.92 Å². The van der Waals surface area contributed by atoms with Crippen LogP contribution in [0.1, 0.15) is 58.5 Å². The number of nitrogens with one attached hydrogen (secondary N) is 1. The number of ether oxygens (including phenoxy) is 1. The van der Waals surface area contributed by atoms with E-state index in [-0.39, 0.29) is 50.8 Å². The fourth-order valence-corrected chi connectivity index (χ4v) is 5.88. The van der Waals surface area contributed by atoms with Crippen LogP contribution in [0.15, 0.2) is 115 Å². The number of hydrogen-bond acceptors (Lipinski definition) is 11. The molecule has 0 saturated carbocycles. The van der Waals surface area contributed by atoms with Crippen molar-refractivity contribution in [2.75, 3.05) is 36.5 Å². The molecule has 0 unspecified atom stereocenters. The normalized spacial score (nSPS) is 12.1. The Labute approximate surface area is 354 Å². The van der Waals surface area contributed by atoms with Crippen molar-refractivity contribution in [3.05, 3.63) is 140 Å². The van der Waals surface area contributed by atoms with E-state index in [0.717, 1.165) is 19.3 Å². The van der Waals surface area contributed by atoms with Gasteiger partial charge < -0.3 is 33.8 Å². The average molecular weight is 882 g/mol. The number of halogens is 6. The number of hydrogen-bond donors (Lipinski definition) is 4. The van der Waals surface area contributed by atoms with Crippen LogP contribution in [0.2, 0.25) is 0 Å². The first-order valence-corrected chi connectivity index (χ1v) is 19.0. The van der Waals surface area contributed by atoms with Crippen LogP contribution in [0.5, 0.6) is 0 Å². The second-order valence-electron chi connectivity index (χ2n) is 13.3. The molecule has 0 atom stereocenters. The van der Waals surface area contributed by atoms with Crippen LogP contribution < -0.4 is 32.4 Å². The van der Waals surface area contributed by atoms with Gasteiger partial charge in [-0.25, -0.2) is 9.59 Å². The summed E-state index contributed by atoms with van der Waals surface area (Å²) in [5, 5.41) is 29.3. The van der Waals surface area contributed by atoms with Crippen LogP contribution in [-0.4, -0.2) is 67.6 Å². The van der Waals surface area contributed by atoms with Crippen molar-refractivity contribution in [2.45, 2.75) is 39.0 Å². The van der Waals surface area contributed by atoms with Crippen LogP contribution in [0.3, 0.4) is 0 Å². The van der Waals surface area contributed by atoms with Gasteiger partial charge in [-0.2, -0.15) is 26.3 Å². The molecule has 2 aromatic heterocycles. The maximum atomic E-state index is 13.2. The van der Waals surface area contributed by atoms with Gasteiger partial charge in [-0.05, 0) is 68.6 Å². The molecule has 13 nitrogen and oxygen atoms in total. The second kappa shape index (κ2) is 22.0. The molecule has 1 amide bonds. The Balaban J connectivity index is 0.000000215. The molecule has 0 radical (unpaired) electrons. The summed E-state index contributed by atoms with van der Waals surface area (Å²) >= 11 is 0. The maximum absolute atomic E-state index is 13.2. The molecule has 6 aromatic rings. The van der Waals surface area contributed by atoms with Crippen molar-refractivity contribution in [2.24, 2.45) is 0 Å². The third-order valence-electron chi connectivity index (χ3n) is 8.91. The van der Waals surface area contributed by atoms with E-state index in [9.17, 15) is 50.2 Å². The standard InChI is InChI=1S/C19H15BF3NO5.C12H10F3NO2.C7H5BO3.C4H8O/c1-2-24(18(26)11-3-5-12(6-4-11)20(27)28)13-7-8-14-15(19(21,22)23)10-17(25)29-16(14)9-13;1-2-16-7-3-4-8-9(12(13,14)15)6-11(17)18-10(8)5-7;9-7(10)5-1-3-6(8-11)4-2-5;1-2-4-5-3-1/h3-10,27-28H,2H2,1H3;3-6,16H,2H2,1H3;1-4H,(H,9,10);1-4H2. The molecule has 21 heteroatoms. The van der Waals surface area contributed by atoms with E-state index in [2.05, 4.69) is 5.32 Å². The Morgan fingerprint density at radius 1 is 0.730 bits per heavy atom. The van der Waals surface area contributed by atoms with Gasteiger partial charge >= 0.3 is 93.7 Å². The first-order valence-electron chi connectivity index (χ1n) is 19.0. The van der Waals surface area contributed by atoms with Crippen molar-refractivity contribution in [1.29, 1.82) is 0 Å². The van der Waals surface area contributed by atoms with Gasteiger partial charge in [0, 0.05) is 78.3 Å². The minimum atomic E-state index is -4.73. The summed E-state index contributed by atoms with van der Waals surface area (Å²) in [6.07, 6.45) is -6.75. The van der Waals surface area contributed by atoms with Crippen LogP contribution in [0, 0.1) is 0 Å². The molecule has 1 fully saturated rings. The number of aromatic carboxylic acids is 1. The topological polar surface area (TPSA) is 197 Å². The van der Waals surface area contributed by atoms with Gasteiger partial charge in [-0.3, -0.25) is 4.79 Å². The molecule has 330 valence electrons. The quantitative estimate of drug-likeness (QED) is 0.0763. The van der Waals surface area contributed by atoms with Crippen molar-refractivity contribution >= 4 is 70.4 Å². The van der Waals surface area contributed by atoms with E-state index in [4.69, 9.17) is 28.7 Å². The van der Waals surface area contributed by atoms with Crippen LogP contribution in [0.25, 0.3) is 21.9 Å². The van der Waals surface area contributed by atoms with E-state index in [1.165, 1.54) is 96.6 Å². The monoisotopic (exact) mass is 882 g/mol. The molecule has 63 heavy (non-hydrogen) atoms. The molecule has 1 aliphatic heterocycles. The summed E-state index contributed by atoms with van der Waals surface area (Å²) in [4.78, 5) is 47.1. The number of carbonyl (C=O) groups is 2. The van der Waals surface area contributed by atoms with E-state index in [0.29, 0.717) is 37.0 Å². The molecule has 0 bridgehead atoms. The molecule has 3 heterocycles. The number of fused-ring (bicyclic) bond motifs is 2. The predicted molar refractivity (Wildman–Crippen MR) is 222 cm³/mol. The van der Waals surface area contributed by atoms with E-state index >= 15 is 0 Å². The molecular weight excluding hydrogens is 844 g/mol. The van der Waals surface area contributed by atoms with Crippen molar-refractivity contribution in [3.8, 4) is 0 Å². The van der Waals surface area contributed by atoms with Crippen LogP contribution >= 0.6 is 0 Å². The molecule has 0 aliphatic carbocycles. The summed E-state index contributed by atoms with van der Waals surface area (Å²) < 4.78 is 103. The Bertz CT molecular complexity index is 2620. The fourth-order valence-electron chi connectivity index (χ4n) is 5.88. The first-order chi connectivity index (χ1) is 29.8. The third-order valence-corrected chi connectivity index (χ3v) is 8.91. The van der Waals surface area contributed by atoms with Gasteiger partial charge in [0.1, 0.15) is 11.2 Å². The Morgan fingerprint density at radius 3 is 1.67 bits per heavy atom. The zero-order valence-electron chi connectivity index (χ0n) is 33.5. The van der Waals surface area contributed by atoms with Gasteiger partial charge in [0.15, 0.2) is 0 Å². The van der Waals surface area contributed by atoms with Gasteiger partial charge in [0.05, 0.1) is 11.1 Å². The number of benzene rings is 4. The average Bonchev–Trinajstić information content (AvgIpc) is 3.84. The molecule has 0 spiro atoms. The number of nitrogens with zero attached hydrogens (tertiary/aromatic N) is 1. The number of alkyl halides is 6. The fraction of sp³-hybridized carbons (Fsp3) is 0.238. The molecular formula is C42H38B2F6N2O11. The van der Waals surface area contributed by atoms with Crippen molar-refractivity contribution < 1.29 is 69.4 Å². The number of carboxylic acids is 1. The number of rotatable bonds is 8. The minimum absolute atomic E-state index is 0.0757. The summed E-state index contributed by atoms with van der Waals surface area (Å²) in [7, 11) is -1.00. The first kappa shape index (κ1) is 49.1. The van der Waals surface area contributed by atoms with Crippen LogP contribution in [0.4, 0.5) is 37.7 Å². The Morgan fingerprint density at radius 2 is 1.24 bits per heavy atom. The van der Waals surface area contributed by atoms with Gasteiger partial charge in [-0.15, -0.1) is 0 Å². The zero-order chi connectivity index (χ0) is 46.5. The molecule has 7 rings (SSSR count). The summed E-state index contributed by atoms with van der Waals surface area (Å²) in [6, 6.07) is 20.0. The third kappa shape index (κ3) is 13.7. The SMILES string of the molecule is C1CCOC1.CCN(C(=O)c1ccc(B(O)O)cc1)c1ccc2c(C(F)(F)F)cc(=O)oc2c1.CCNc1ccc2c(C(F)(F)F)cc(=O)oc2c1.O=Bc1ccc(C(=O)O)cc1. The number of carbonyl (C=O) groups excluding carboxylic acids is 1. The number of amides is 1. The Kier molecular flexibility index (Phi) is 17.1.